The van der Waals surface area contributed by atoms with E-state index in [0.717, 1.165) is 12.8 Å². The van der Waals surface area contributed by atoms with Gasteiger partial charge in [0.05, 0.1) is 23.9 Å². The molecular formula is C43H43N5O13. The Kier molecular flexibility index (Phi) is 10.6. The highest BCUT2D eigenvalue weighted by atomic mass is 16.7. The van der Waals surface area contributed by atoms with Crippen LogP contribution in [-0.2, 0) is 25.7 Å². The summed E-state index contributed by atoms with van der Waals surface area (Å²) >= 11 is 0. The lowest BCUT2D eigenvalue weighted by atomic mass is 9.78. The van der Waals surface area contributed by atoms with Gasteiger partial charge in [-0.15, -0.1) is 0 Å². The minimum absolute atomic E-state index is 0.0166. The number of ketones is 2. The largest absolute Gasteiger partial charge is 0.486 e. The van der Waals surface area contributed by atoms with Crippen LogP contribution < -0.4 is 20.1 Å². The van der Waals surface area contributed by atoms with Crippen molar-refractivity contribution in [1.29, 1.82) is 0 Å². The summed E-state index contributed by atoms with van der Waals surface area (Å²) < 4.78 is 26.1. The van der Waals surface area contributed by atoms with E-state index in [1.807, 2.05) is 6.07 Å². The first-order chi connectivity index (χ1) is 29.4. The summed E-state index contributed by atoms with van der Waals surface area (Å²) in [5.74, 6) is -3.31. The summed E-state index contributed by atoms with van der Waals surface area (Å²) in [6.07, 6.45) is -6.77. The number of hydrogen-bond donors (Lipinski definition) is 6. The van der Waals surface area contributed by atoms with Crippen molar-refractivity contribution in [2.24, 2.45) is 20.7 Å². The molecule has 0 unspecified atom stereocenters. The second-order valence-electron chi connectivity index (χ2n) is 15.9. The van der Waals surface area contributed by atoms with E-state index in [9.17, 15) is 44.7 Å². The molecule has 7 atom stereocenters. The first-order valence-corrected chi connectivity index (χ1v) is 20.1. The van der Waals surface area contributed by atoms with Crippen LogP contribution in [0.25, 0.3) is 0 Å². The highest BCUT2D eigenvalue weighted by Gasteiger charge is 2.56. The number of rotatable bonds is 8. The summed E-state index contributed by atoms with van der Waals surface area (Å²) in [6, 6.07) is 13.1. The molecule has 7 N–H and O–H groups in total. The van der Waals surface area contributed by atoms with Gasteiger partial charge in [-0.25, -0.2) is 0 Å². The first-order valence-electron chi connectivity index (χ1n) is 20.1. The van der Waals surface area contributed by atoms with Gasteiger partial charge >= 0.3 is 5.91 Å². The summed E-state index contributed by atoms with van der Waals surface area (Å²) in [6.45, 7) is -0.968. The van der Waals surface area contributed by atoms with Gasteiger partial charge in [-0.3, -0.25) is 19.4 Å². The molecule has 1 amide bonds. The topological polar surface area (TPSA) is 273 Å². The van der Waals surface area contributed by atoms with Crippen LogP contribution in [0.4, 0.5) is 5.69 Å². The predicted octanol–water partition coefficient (Wildman–Crippen LogP) is 0.806. The van der Waals surface area contributed by atoms with Gasteiger partial charge in [0.2, 0.25) is 12.2 Å². The Hall–Kier alpha value is -5.73. The second-order valence-corrected chi connectivity index (χ2v) is 15.9. The third-order valence-corrected chi connectivity index (χ3v) is 12.3. The lowest BCUT2D eigenvalue weighted by Gasteiger charge is -2.47. The minimum Gasteiger partial charge on any atom is -0.486 e. The quantitative estimate of drug-likeness (QED) is 0.134. The van der Waals surface area contributed by atoms with E-state index in [-0.39, 0.29) is 82.9 Å². The molecule has 1 saturated heterocycles. The number of nitrogens with two attached hydrogens (primary N) is 1. The molecule has 2 bridgehead atoms. The molecule has 0 radical (unpaired) electrons. The third kappa shape index (κ3) is 6.84. The van der Waals surface area contributed by atoms with Crippen LogP contribution in [0.5, 0.6) is 11.5 Å². The molecule has 6 aliphatic rings. The van der Waals surface area contributed by atoms with Gasteiger partial charge in [-0.05, 0) is 54.7 Å². The Balaban J connectivity index is 1.29. The Bertz CT molecular complexity index is 2430. The SMILES string of the molecule is NC1=NC(=O)C2=NCN(c3ccccc3[C@H]3CCOC4(CCCC4)[C@@H]4O[C@H](Oc5c3cc3c(c5OC[C@H](O)CC=O)C(=O)c5cc(CO)ccc5C3=O)[C@@H](O)[C@H](O)[C@H]4O)C2=N1. The number of amidine groups is 1. The summed E-state index contributed by atoms with van der Waals surface area (Å²) in [7, 11) is 0. The van der Waals surface area contributed by atoms with E-state index in [1.54, 1.807) is 23.1 Å². The van der Waals surface area contributed by atoms with E-state index in [2.05, 4.69) is 15.0 Å². The van der Waals surface area contributed by atoms with Crippen molar-refractivity contribution in [3.63, 3.8) is 0 Å². The number of carbonyl (C=O) groups excluding carboxylic acids is 4. The molecule has 3 aromatic rings. The fraction of sp³-hybridized carbons (Fsp3) is 0.419. The Morgan fingerprint density at radius 2 is 1.74 bits per heavy atom. The van der Waals surface area contributed by atoms with Crippen molar-refractivity contribution in [2.45, 2.75) is 93.5 Å². The average Bonchev–Trinajstić information content (AvgIpc) is 3.91. The van der Waals surface area contributed by atoms with Crippen molar-refractivity contribution in [3.05, 3.63) is 87.5 Å². The maximum atomic E-state index is 14.7. The van der Waals surface area contributed by atoms with Gasteiger partial charge in [0, 0.05) is 46.9 Å². The number of anilines is 1. The number of aldehydes is 1. The number of amides is 1. The summed E-state index contributed by atoms with van der Waals surface area (Å²) in [4.78, 5) is 67.8. The monoisotopic (exact) mass is 837 g/mol. The smallest absolute Gasteiger partial charge is 0.302 e. The number of para-hydroxylation sites is 1. The van der Waals surface area contributed by atoms with Crippen molar-refractivity contribution in [3.8, 4) is 11.5 Å². The number of hydrogen-bond acceptors (Lipinski definition) is 17. The van der Waals surface area contributed by atoms with Crippen LogP contribution in [0.15, 0.2) is 63.5 Å². The zero-order valence-electron chi connectivity index (χ0n) is 32.7. The fourth-order valence-corrected chi connectivity index (χ4v) is 9.33. The van der Waals surface area contributed by atoms with Crippen LogP contribution >= 0.6 is 0 Å². The molecule has 1 saturated carbocycles. The number of carbonyl (C=O) groups is 4. The van der Waals surface area contributed by atoms with Crippen molar-refractivity contribution in [1.82, 2.24) is 0 Å². The number of benzene rings is 3. The Morgan fingerprint density at radius 1 is 0.951 bits per heavy atom. The van der Waals surface area contributed by atoms with E-state index >= 15 is 0 Å². The summed E-state index contributed by atoms with van der Waals surface area (Å²) in [5.41, 5.74) is 6.26. The maximum Gasteiger partial charge on any atom is 0.302 e. The van der Waals surface area contributed by atoms with Gasteiger partial charge in [0.15, 0.2) is 34.6 Å². The van der Waals surface area contributed by atoms with Gasteiger partial charge in [0.25, 0.3) is 0 Å². The number of aliphatic hydroxyl groups excluding tert-OH is 5. The molecular weight excluding hydrogens is 794 g/mol. The highest BCUT2D eigenvalue weighted by molar-refractivity contribution is 6.72. The van der Waals surface area contributed by atoms with Gasteiger partial charge in [-0.2, -0.15) is 9.98 Å². The number of aliphatic imine (C=N–C) groups is 3. The zero-order valence-corrected chi connectivity index (χ0v) is 32.7. The first kappa shape index (κ1) is 40.7. The highest BCUT2D eigenvalue weighted by Crippen LogP contribution is 2.51. The van der Waals surface area contributed by atoms with Crippen LogP contribution in [0.1, 0.15) is 93.0 Å². The Morgan fingerprint density at radius 3 is 2.51 bits per heavy atom. The molecule has 18 heteroatoms. The van der Waals surface area contributed by atoms with Gasteiger partial charge in [0.1, 0.15) is 44.0 Å². The predicted molar refractivity (Wildman–Crippen MR) is 214 cm³/mol. The number of aliphatic hydroxyl groups is 5. The van der Waals surface area contributed by atoms with Crippen molar-refractivity contribution >= 4 is 47.0 Å². The second kappa shape index (κ2) is 15.9. The van der Waals surface area contributed by atoms with E-state index < -0.39 is 79.0 Å². The van der Waals surface area contributed by atoms with Crippen LogP contribution in [-0.4, -0.2) is 129 Å². The lowest BCUT2D eigenvalue weighted by molar-refractivity contribution is -0.309. The van der Waals surface area contributed by atoms with E-state index in [0.29, 0.717) is 35.9 Å². The molecule has 2 fully saturated rings. The lowest BCUT2D eigenvalue weighted by Crippen LogP contribution is -2.65. The maximum absolute atomic E-state index is 14.7. The molecule has 1 spiro atoms. The van der Waals surface area contributed by atoms with Crippen molar-refractivity contribution in [2.75, 3.05) is 24.8 Å². The molecule has 318 valence electrons. The molecule has 3 aromatic carbocycles. The fourth-order valence-electron chi connectivity index (χ4n) is 9.33. The molecule has 61 heavy (non-hydrogen) atoms. The average molecular weight is 838 g/mol. The molecule has 0 aromatic heterocycles. The Labute approximate surface area is 347 Å². The molecule has 2 aliphatic carbocycles. The summed E-state index contributed by atoms with van der Waals surface area (Å²) in [5, 5.41) is 55.1. The van der Waals surface area contributed by atoms with Crippen LogP contribution in [0.2, 0.25) is 0 Å². The van der Waals surface area contributed by atoms with Gasteiger partial charge in [-0.1, -0.05) is 37.1 Å². The number of nitrogens with zero attached hydrogens (tertiary/aromatic N) is 4. The van der Waals surface area contributed by atoms with Crippen LogP contribution in [0.3, 0.4) is 0 Å². The zero-order chi connectivity index (χ0) is 42.7. The standard InChI is InChI=1S/C43H43N5O13/c44-42-46-39-30(40(57)47-42)45-19-48(39)28-6-2-1-5-23(28)22-10-14-59-43(11-3-4-12-43)38-34(55)33(54)35(56)41(61-38)60-36-26(22)16-27-29(37(36)58-18-21(51)9-13-49)32(53)25-15-20(17-50)7-8-24(25)31(27)52/h1-2,5-8,13,15-16,21-22,33-35,38,41,50-51,54-56H,3-4,9-12,14,17-19H2,(H2,44,47,57)/t21-,22-,33-,34-,35+,38-,41+/m1/s1. The number of guanidine groups is 1. The van der Waals surface area contributed by atoms with E-state index in [1.165, 1.54) is 24.3 Å². The van der Waals surface area contributed by atoms with Crippen molar-refractivity contribution < 1.29 is 63.7 Å². The number of ether oxygens (including phenoxy) is 4. The normalized spacial score (nSPS) is 27.1. The minimum atomic E-state index is -1.85. The van der Waals surface area contributed by atoms with Gasteiger partial charge < -0.3 is 59.9 Å². The number of fused-ring (bicyclic) bond motifs is 7. The van der Waals surface area contributed by atoms with Crippen LogP contribution in [0, 0.1) is 0 Å². The molecule has 4 heterocycles. The molecule has 9 rings (SSSR count). The molecule has 18 nitrogen and oxygen atoms in total. The third-order valence-electron chi connectivity index (χ3n) is 12.3. The molecule has 4 aliphatic heterocycles. The van der Waals surface area contributed by atoms with E-state index in [4.69, 9.17) is 24.7 Å².